The Hall–Kier alpha value is -4.06. The van der Waals surface area contributed by atoms with Crippen molar-refractivity contribution < 1.29 is 9.72 Å². The Morgan fingerprint density at radius 2 is 1.39 bits per heavy atom. The second kappa shape index (κ2) is 9.05. The van der Waals surface area contributed by atoms with Gasteiger partial charge in [-0.25, -0.2) is 5.43 Å². The number of non-ortho nitro benzene ring substituents is 1. The zero-order valence-electron chi connectivity index (χ0n) is 14.9. The van der Waals surface area contributed by atoms with Gasteiger partial charge in [-0.1, -0.05) is 60.7 Å². The van der Waals surface area contributed by atoms with Gasteiger partial charge in [-0.2, -0.15) is 5.10 Å². The molecule has 0 spiro atoms. The monoisotopic (exact) mass is 371 g/mol. The minimum Gasteiger partial charge on any atom is -0.268 e. The second-order valence-electron chi connectivity index (χ2n) is 5.85. The molecule has 0 radical (unpaired) electrons. The van der Waals surface area contributed by atoms with Crippen LogP contribution in [-0.2, 0) is 4.79 Å². The number of nitro benzene ring substituents is 1. The van der Waals surface area contributed by atoms with E-state index in [1.807, 2.05) is 60.7 Å². The number of hydrazone groups is 1. The summed E-state index contributed by atoms with van der Waals surface area (Å²) in [5.41, 5.74) is 5.63. The van der Waals surface area contributed by atoms with Crippen molar-refractivity contribution in [2.75, 3.05) is 0 Å². The number of carbonyl (C=O) groups excluding carboxylic acids is 1. The van der Waals surface area contributed by atoms with Crippen LogP contribution in [0.25, 0.3) is 6.08 Å². The molecule has 138 valence electrons. The number of rotatable bonds is 6. The van der Waals surface area contributed by atoms with E-state index >= 15 is 0 Å². The van der Waals surface area contributed by atoms with E-state index in [1.54, 1.807) is 18.2 Å². The molecular formula is C22H17N3O3. The molecule has 3 aromatic carbocycles. The molecule has 0 aliphatic heterocycles. The molecule has 0 saturated heterocycles. The summed E-state index contributed by atoms with van der Waals surface area (Å²) in [4.78, 5) is 22.3. The van der Waals surface area contributed by atoms with Gasteiger partial charge in [-0.3, -0.25) is 14.9 Å². The van der Waals surface area contributed by atoms with Crippen LogP contribution in [0.5, 0.6) is 0 Å². The average Bonchev–Trinajstić information content (AvgIpc) is 2.74. The summed E-state index contributed by atoms with van der Waals surface area (Å²) < 4.78 is 0. The lowest BCUT2D eigenvalue weighted by Crippen LogP contribution is -2.18. The number of nitro groups is 1. The summed E-state index contributed by atoms with van der Waals surface area (Å²) in [6.07, 6.45) is 2.90. The van der Waals surface area contributed by atoms with Crippen molar-refractivity contribution in [2.45, 2.75) is 0 Å². The minimum atomic E-state index is -0.469. The van der Waals surface area contributed by atoms with Crippen LogP contribution in [0.4, 0.5) is 5.69 Å². The lowest BCUT2D eigenvalue weighted by molar-refractivity contribution is -0.384. The van der Waals surface area contributed by atoms with Crippen LogP contribution in [0.3, 0.4) is 0 Å². The van der Waals surface area contributed by atoms with Crippen LogP contribution < -0.4 is 5.43 Å². The van der Waals surface area contributed by atoms with Gasteiger partial charge in [0, 0.05) is 29.3 Å². The first kappa shape index (κ1) is 18.7. The second-order valence-corrected chi connectivity index (χ2v) is 5.85. The normalized spacial score (nSPS) is 10.4. The zero-order valence-corrected chi connectivity index (χ0v) is 14.9. The van der Waals surface area contributed by atoms with E-state index < -0.39 is 10.8 Å². The first-order valence-corrected chi connectivity index (χ1v) is 8.54. The van der Waals surface area contributed by atoms with Gasteiger partial charge in [0.05, 0.1) is 10.6 Å². The Balaban J connectivity index is 1.75. The maximum Gasteiger partial charge on any atom is 0.269 e. The molecule has 3 rings (SSSR count). The fraction of sp³-hybridized carbons (Fsp3) is 0. The fourth-order valence-electron chi connectivity index (χ4n) is 2.52. The Bertz CT molecular complexity index is 970. The van der Waals surface area contributed by atoms with Gasteiger partial charge in [0.25, 0.3) is 11.6 Å². The van der Waals surface area contributed by atoms with E-state index in [4.69, 9.17) is 0 Å². The summed E-state index contributed by atoms with van der Waals surface area (Å²) in [6, 6.07) is 25.1. The highest BCUT2D eigenvalue weighted by Crippen LogP contribution is 2.13. The Morgan fingerprint density at radius 1 is 0.857 bits per heavy atom. The molecule has 0 atom stereocenters. The molecule has 0 aliphatic carbocycles. The lowest BCUT2D eigenvalue weighted by atomic mass is 10.0. The largest absolute Gasteiger partial charge is 0.269 e. The highest BCUT2D eigenvalue weighted by atomic mass is 16.6. The maximum atomic E-state index is 12.1. The first-order chi connectivity index (χ1) is 13.6. The predicted molar refractivity (Wildman–Crippen MR) is 109 cm³/mol. The van der Waals surface area contributed by atoms with Crippen LogP contribution in [0.15, 0.2) is 96.1 Å². The Labute approximate surface area is 162 Å². The van der Waals surface area contributed by atoms with Crippen LogP contribution in [0.2, 0.25) is 0 Å². The third-order valence-corrected chi connectivity index (χ3v) is 3.90. The molecular weight excluding hydrogens is 354 g/mol. The number of carbonyl (C=O) groups is 1. The standard InChI is InChI=1S/C22H17N3O3/c26-21(16-13-17-11-14-20(15-12-17)25(27)28)23-24-22(18-7-3-1-4-8-18)19-9-5-2-6-10-19/h1-16H,(H,23,26)/b16-13-. The Kier molecular flexibility index (Phi) is 6.05. The van der Waals surface area contributed by atoms with Crippen LogP contribution in [0, 0.1) is 10.1 Å². The molecule has 0 bridgehead atoms. The molecule has 0 fully saturated rings. The molecule has 1 amide bonds. The van der Waals surface area contributed by atoms with E-state index in [0.717, 1.165) is 11.1 Å². The quantitative estimate of drug-likeness (QED) is 0.305. The van der Waals surface area contributed by atoms with Crippen LogP contribution in [-0.4, -0.2) is 16.5 Å². The van der Waals surface area contributed by atoms with Crippen molar-refractivity contribution >= 4 is 23.4 Å². The summed E-state index contributed by atoms with van der Waals surface area (Å²) in [7, 11) is 0. The highest BCUT2D eigenvalue weighted by Gasteiger charge is 2.07. The van der Waals surface area contributed by atoms with Gasteiger partial charge < -0.3 is 0 Å². The van der Waals surface area contributed by atoms with Gasteiger partial charge in [0.2, 0.25) is 0 Å². The highest BCUT2D eigenvalue weighted by molar-refractivity contribution is 6.13. The molecule has 28 heavy (non-hydrogen) atoms. The smallest absolute Gasteiger partial charge is 0.268 e. The molecule has 0 aliphatic rings. The Morgan fingerprint density at radius 3 is 1.89 bits per heavy atom. The van der Waals surface area contributed by atoms with E-state index in [-0.39, 0.29) is 5.69 Å². The number of nitrogens with one attached hydrogen (secondary N) is 1. The first-order valence-electron chi connectivity index (χ1n) is 8.54. The molecule has 6 nitrogen and oxygen atoms in total. The van der Waals surface area contributed by atoms with Gasteiger partial charge in [-0.05, 0) is 23.8 Å². The molecule has 0 aromatic heterocycles. The minimum absolute atomic E-state index is 0.00145. The maximum absolute atomic E-state index is 12.1. The van der Waals surface area contributed by atoms with Crippen LogP contribution in [0.1, 0.15) is 16.7 Å². The third-order valence-electron chi connectivity index (χ3n) is 3.90. The number of amides is 1. The van der Waals surface area contributed by atoms with Gasteiger partial charge in [0.15, 0.2) is 0 Å². The van der Waals surface area contributed by atoms with Gasteiger partial charge in [-0.15, -0.1) is 0 Å². The summed E-state index contributed by atoms with van der Waals surface area (Å²) >= 11 is 0. The van der Waals surface area contributed by atoms with Crippen molar-refractivity contribution in [3.8, 4) is 0 Å². The summed E-state index contributed by atoms with van der Waals surface area (Å²) in [5.74, 6) is -0.400. The van der Waals surface area contributed by atoms with E-state index in [2.05, 4.69) is 10.5 Å². The van der Waals surface area contributed by atoms with E-state index in [1.165, 1.54) is 18.2 Å². The topological polar surface area (TPSA) is 84.6 Å². The van der Waals surface area contributed by atoms with E-state index in [9.17, 15) is 14.9 Å². The molecule has 6 heteroatoms. The molecule has 3 aromatic rings. The number of benzene rings is 3. The molecule has 0 heterocycles. The van der Waals surface area contributed by atoms with Gasteiger partial charge >= 0.3 is 0 Å². The number of hydrogen-bond donors (Lipinski definition) is 1. The third kappa shape index (κ3) is 4.98. The molecule has 0 saturated carbocycles. The SMILES string of the molecule is O=C(/C=C\c1ccc([N+](=O)[O-])cc1)NN=C(c1ccccc1)c1ccccc1. The molecule has 0 unspecified atom stereocenters. The lowest BCUT2D eigenvalue weighted by Gasteiger charge is -2.07. The summed E-state index contributed by atoms with van der Waals surface area (Å²) in [6.45, 7) is 0. The van der Waals surface area contributed by atoms with Crippen molar-refractivity contribution in [1.29, 1.82) is 0 Å². The van der Waals surface area contributed by atoms with Crippen LogP contribution >= 0.6 is 0 Å². The predicted octanol–water partition coefficient (Wildman–Crippen LogP) is 4.18. The average molecular weight is 371 g/mol. The zero-order chi connectivity index (χ0) is 19.8. The van der Waals surface area contributed by atoms with Crippen molar-refractivity contribution in [2.24, 2.45) is 5.10 Å². The van der Waals surface area contributed by atoms with E-state index in [0.29, 0.717) is 11.3 Å². The van der Waals surface area contributed by atoms with Crippen molar-refractivity contribution in [3.63, 3.8) is 0 Å². The summed E-state index contributed by atoms with van der Waals surface area (Å²) in [5, 5.41) is 15.0. The van der Waals surface area contributed by atoms with Crippen molar-refractivity contribution in [3.05, 3.63) is 118 Å². The number of nitrogens with zero attached hydrogens (tertiary/aromatic N) is 2. The fourth-order valence-corrected chi connectivity index (χ4v) is 2.52. The van der Waals surface area contributed by atoms with Crippen molar-refractivity contribution in [1.82, 2.24) is 5.43 Å². The number of hydrogen-bond acceptors (Lipinski definition) is 4. The van der Waals surface area contributed by atoms with Gasteiger partial charge in [0.1, 0.15) is 0 Å². The molecule has 1 N–H and O–H groups in total.